The Balaban J connectivity index is 0.000000500. The number of fused-ring (bicyclic) bond motifs is 3. The van der Waals surface area contributed by atoms with E-state index in [1.54, 1.807) is 0 Å². The summed E-state index contributed by atoms with van der Waals surface area (Å²) in [6, 6.07) is 21.4. The summed E-state index contributed by atoms with van der Waals surface area (Å²) in [5, 5.41) is 5.30. The molecule has 0 N–H and O–H groups in total. The highest BCUT2D eigenvalue weighted by atomic mass is 14.0. The Morgan fingerprint density at radius 3 is 1.14 bits per heavy atom. The third-order valence-corrected chi connectivity index (χ3v) is 2.65. The van der Waals surface area contributed by atoms with Crippen LogP contribution in [0.3, 0.4) is 0 Å². The van der Waals surface area contributed by atoms with E-state index >= 15 is 0 Å². The zero-order chi connectivity index (χ0) is 16.1. The van der Waals surface area contributed by atoms with Gasteiger partial charge >= 0.3 is 0 Å². The number of hydrogen-bond acceptors (Lipinski definition) is 0. The predicted octanol–water partition coefficient (Wildman–Crippen LogP) is 7.46. The van der Waals surface area contributed by atoms with Crippen molar-refractivity contribution in [3.8, 4) is 0 Å². The van der Waals surface area contributed by atoms with Crippen molar-refractivity contribution < 1.29 is 0 Å². The van der Waals surface area contributed by atoms with Gasteiger partial charge in [0.25, 0.3) is 0 Å². The highest BCUT2D eigenvalue weighted by Gasteiger charge is 1.97. The maximum Gasteiger partial charge on any atom is -0.0105 e. The number of rotatable bonds is 0. The van der Waals surface area contributed by atoms with Gasteiger partial charge in [0.05, 0.1) is 0 Å². The predicted molar refractivity (Wildman–Crippen MR) is 100 cm³/mol. The molecule has 21 heavy (non-hydrogen) atoms. The van der Waals surface area contributed by atoms with Crippen LogP contribution in [0.15, 0.2) is 60.7 Å². The van der Waals surface area contributed by atoms with E-state index in [1.807, 2.05) is 27.7 Å². The average molecular weight is 282 g/mol. The zero-order valence-corrected chi connectivity index (χ0v) is 14.5. The maximum absolute atomic E-state index is 2.18. The lowest BCUT2D eigenvalue weighted by atomic mass is 10.0. The van der Waals surface area contributed by atoms with Crippen molar-refractivity contribution in [2.24, 2.45) is 0 Å². The first-order valence-electron chi connectivity index (χ1n) is 8.23. The van der Waals surface area contributed by atoms with Crippen molar-refractivity contribution in [2.45, 2.75) is 48.0 Å². The Bertz CT molecular complexity index is 554. The summed E-state index contributed by atoms with van der Waals surface area (Å²) in [6.07, 6.45) is 1.25. The standard InChI is InChI=1S/C14H10.C3H8.2C2H6/c1-3-7-13-11(5-1)9-10-12-6-2-4-8-14(12)13;1-3-2;2*1-2/h1-10H;3H2,1-2H3;2*1-2H3. The fourth-order valence-electron chi connectivity index (χ4n) is 1.95. The van der Waals surface area contributed by atoms with E-state index in [0.717, 1.165) is 0 Å². The van der Waals surface area contributed by atoms with Crippen LogP contribution in [-0.2, 0) is 0 Å². The van der Waals surface area contributed by atoms with Crippen LogP contribution in [0.2, 0.25) is 0 Å². The molecule has 0 amide bonds. The minimum atomic E-state index is 1.25. The Morgan fingerprint density at radius 1 is 0.524 bits per heavy atom. The Labute approximate surface area is 130 Å². The Morgan fingerprint density at radius 2 is 0.810 bits per heavy atom. The van der Waals surface area contributed by atoms with Crippen molar-refractivity contribution >= 4 is 21.5 Å². The highest BCUT2D eigenvalue weighted by Crippen LogP contribution is 2.24. The summed E-state index contributed by atoms with van der Waals surface area (Å²) in [5.74, 6) is 0. The van der Waals surface area contributed by atoms with Crippen LogP contribution in [0.25, 0.3) is 21.5 Å². The molecule has 0 aliphatic rings. The minimum absolute atomic E-state index is 1.25. The van der Waals surface area contributed by atoms with Gasteiger partial charge in [-0.2, -0.15) is 0 Å². The lowest BCUT2D eigenvalue weighted by molar-refractivity contribution is 1.09. The average Bonchev–Trinajstić information content (AvgIpc) is 2.59. The van der Waals surface area contributed by atoms with Gasteiger partial charge < -0.3 is 0 Å². The molecule has 3 rings (SSSR count). The number of hydrogen-bond donors (Lipinski definition) is 0. The molecule has 3 aromatic rings. The van der Waals surface area contributed by atoms with E-state index in [-0.39, 0.29) is 0 Å². The Hall–Kier alpha value is -1.82. The van der Waals surface area contributed by atoms with Gasteiger partial charge in [0.1, 0.15) is 0 Å². The van der Waals surface area contributed by atoms with Gasteiger partial charge in [0, 0.05) is 0 Å². The van der Waals surface area contributed by atoms with E-state index in [1.165, 1.54) is 28.0 Å². The summed E-state index contributed by atoms with van der Waals surface area (Å²) >= 11 is 0. The molecule has 0 fully saturated rings. The number of benzene rings is 3. The molecule has 0 saturated heterocycles. The fraction of sp³-hybridized carbons (Fsp3) is 0.333. The van der Waals surface area contributed by atoms with Gasteiger partial charge in [-0.15, -0.1) is 0 Å². The van der Waals surface area contributed by atoms with Gasteiger partial charge in [-0.3, -0.25) is 0 Å². The van der Waals surface area contributed by atoms with Crippen molar-refractivity contribution in [3.05, 3.63) is 60.7 Å². The first-order chi connectivity index (χ1) is 10.4. The molecule has 3 aromatic carbocycles. The van der Waals surface area contributed by atoms with Crippen LogP contribution in [-0.4, -0.2) is 0 Å². The zero-order valence-electron chi connectivity index (χ0n) is 14.5. The van der Waals surface area contributed by atoms with Crippen molar-refractivity contribution in [1.29, 1.82) is 0 Å². The van der Waals surface area contributed by atoms with Crippen molar-refractivity contribution in [3.63, 3.8) is 0 Å². The SMILES string of the molecule is CC.CC.CCC.c1ccc2c(c1)ccc1ccccc12. The molecule has 0 spiro atoms. The molecule has 0 atom stereocenters. The maximum atomic E-state index is 2.18. The van der Waals surface area contributed by atoms with Crippen LogP contribution >= 0.6 is 0 Å². The molecule has 0 nitrogen and oxygen atoms in total. The molecule has 0 radical (unpaired) electrons. The molecule has 0 aliphatic heterocycles. The molecule has 0 saturated carbocycles. The van der Waals surface area contributed by atoms with Gasteiger partial charge in [-0.1, -0.05) is 109 Å². The van der Waals surface area contributed by atoms with Crippen LogP contribution in [0.4, 0.5) is 0 Å². The van der Waals surface area contributed by atoms with Crippen LogP contribution < -0.4 is 0 Å². The Kier molecular flexibility index (Phi) is 10.9. The molecular formula is C21H30. The van der Waals surface area contributed by atoms with Gasteiger partial charge in [0.15, 0.2) is 0 Å². The second-order valence-corrected chi connectivity index (χ2v) is 4.21. The minimum Gasteiger partial charge on any atom is -0.0683 e. The summed E-state index contributed by atoms with van der Waals surface area (Å²) in [7, 11) is 0. The molecule has 0 aliphatic carbocycles. The molecule has 0 heterocycles. The van der Waals surface area contributed by atoms with E-state index in [0.29, 0.717) is 0 Å². The fourth-order valence-corrected chi connectivity index (χ4v) is 1.95. The first-order valence-corrected chi connectivity index (χ1v) is 8.23. The summed E-state index contributed by atoms with van der Waals surface area (Å²) < 4.78 is 0. The molecule has 0 heteroatoms. The molecule has 114 valence electrons. The van der Waals surface area contributed by atoms with Crippen LogP contribution in [0.1, 0.15) is 48.0 Å². The molecule has 0 bridgehead atoms. The van der Waals surface area contributed by atoms with Gasteiger partial charge in [0.2, 0.25) is 0 Å². The van der Waals surface area contributed by atoms with Gasteiger partial charge in [-0.05, 0) is 21.5 Å². The quantitative estimate of drug-likeness (QED) is 0.375. The van der Waals surface area contributed by atoms with Crippen LogP contribution in [0, 0.1) is 0 Å². The monoisotopic (exact) mass is 282 g/mol. The second kappa shape index (κ2) is 12.0. The second-order valence-electron chi connectivity index (χ2n) is 4.21. The normalized spacial score (nSPS) is 8.67. The highest BCUT2D eigenvalue weighted by molar-refractivity contribution is 6.07. The lowest BCUT2D eigenvalue weighted by Crippen LogP contribution is -1.75. The lowest BCUT2D eigenvalue weighted by Gasteiger charge is -2.02. The summed E-state index contributed by atoms with van der Waals surface area (Å²) in [5.41, 5.74) is 0. The topological polar surface area (TPSA) is 0 Å². The van der Waals surface area contributed by atoms with E-state index in [2.05, 4.69) is 74.5 Å². The van der Waals surface area contributed by atoms with E-state index in [4.69, 9.17) is 0 Å². The van der Waals surface area contributed by atoms with Gasteiger partial charge in [-0.25, -0.2) is 0 Å². The third kappa shape index (κ3) is 5.59. The molecule has 0 aromatic heterocycles. The van der Waals surface area contributed by atoms with Crippen LogP contribution in [0.5, 0.6) is 0 Å². The summed E-state index contributed by atoms with van der Waals surface area (Å²) in [6.45, 7) is 12.2. The van der Waals surface area contributed by atoms with E-state index < -0.39 is 0 Å². The van der Waals surface area contributed by atoms with Crippen molar-refractivity contribution in [1.82, 2.24) is 0 Å². The smallest absolute Gasteiger partial charge is 0.0105 e. The third-order valence-electron chi connectivity index (χ3n) is 2.65. The first kappa shape index (κ1) is 19.2. The van der Waals surface area contributed by atoms with Crippen molar-refractivity contribution in [2.75, 3.05) is 0 Å². The molecule has 0 unspecified atom stereocenters. The molecular weight excluding hydrogens is 252 g/mol. The van der Waals surface area contributed by atoms with E-state index in [9.17, 15) is 0 Å². The summed E-state index contributed by atoms with van der Waals surface area (Å²) in [4.78, 5) is 0. The largest absolute Gasteiger partial charge is 0.0683 e.